The fourth-order valence-electron chi connectivity index (χ4n) is 2.58. The van der Waals surface area contributed by atoms with E-state index < -0.39 is 10.0 Å². The second kappa shape index (κ2) is 7.04. The van der Waals surface area contributed by atoms with E-state index in [9.17, 15) is 8.42 Å². The van der Waals surface area contributed by atoms with E-state index in [2.05, 4.69) is 9.97 Å². The summed E-state index contributed by atoms with van der Waals surface area (Å²) in [6.45, 7) is 3.16. The third kappa shape index (κ3) is 3.95. The highest BCUT2D eigenvalue weighted by Crippen LogP contribution is 2.23. The lowest BCUT2D eigenvalue weighted by atomic mass is 10.1. The summed E-state index contributed by atoms with van der Waals surface area (Å²) in [5.74, 6) is 0. The van der Waals surface area contributed by atoms with Crippen molar-refractivity contribution >= 4 is 21.4 Å². The molecule has 1 saturated heterocycles. The summed E-state index contributed by atoms with van der Waals surface area (Å²) in [5.41, 5.74) is 1.89. The Labute approximate surface area is 140 Å². The number of aromatic nitrogens is 2. The third-order valence-corrected chi connectivity index (χ3v) is 7.01. The van der Waals surface area contributed by atoms with Crippen LogP contribution in [0.1, 0.15) is 17.8 Å². The highest BCUT2D eigenvalue weighted by Gasteiger charge is 2.31. The monoisotopic (exact) mass is 353 g/mol. The third-order valence-electron chi connectivity index (χ3n) is 3.77. The molecule has 0 N–H and O–H groups in total. The van der Waals surface area contributed by atoms with Crippen LogP contribution in [0.15, 0.2) is 34.1 Å². The van der Waals surface area contributed by atoms with E-state index in [0.29, 0.717) is 23.9 Å². The highest BCUT2D eigenvalue weighted by molar-refractivity contribution is 7.91. The zero-order valence-electron chi connectivity index (χ0n) is 12.9. The fraction of sp³-hybridized carbons (Fsp3) is 0.467. The Bertz CT molecular complexity index is 747. The zero-order chi connectivity index (χ0) is 16.3. The van der Waals surface area contributed by atoms with Crippen LogP contribution in [-0.2, 0) is 21.2 Å². The van der Waals surface area contributed by atoms with Crippen LogP contribution in [-0.4, -0.2) is 48.5 Å². The maximum atomic E-state index is 12.6. The molecule has 0 spiro atoms. The minimum atomic E-state index is -3.40. The van der Waals surface area contributed by atoms with E-state index in [-0.39, 0.29) is 6.10 Å². The molecule has 0 saturated carbocycles. The molecule has 0 amide bonds. The standard InChI is InChI=1S/C15H19N3O3S2/c1-12-9-13(17-11-16-12)4-5-14-10-18(6-7-21-14)23(19,20)15-3-2-8-22-15/h2-3,8-9,11,14H,4-7,10H2,1H3/t14-/m0/s1. The highest BCUT2D eigenvalue weighted by atomic mass is 32.2. The molecular weight excluding hydrogens is 334 g/mol. The van der Waals surface area contributed by atoms with Gasteiger partial charge in [-0.05, 0) is 37.3 Å². The number of sulfonamides is 1. The van der Waals surface area contributed by atoms with E-state index in [1.54, 1.807) is 23.8 Å². The van der Waals surface area contributed by atoms with Crippen molar-refractivity contribution in [3.63, 3.8) is 0 Å². The van der Waals surface area contributed by atoms with E-state index in [1.165, 1.54) is 15.6 Å². The van der Waals surface area contributed by atoms with Crippen LogP contribution in [0.25, 0.3) is 0 Å². The molecule has 0 aliphatic carbocycles. The Kier molecular flexibility index (Phi) is 5.05. The van der Waals surface area contributed by atoms with Crippen LogP contribution < -0.4 is 0 Å². The molecule has 2 aromatic rings. The number of hydrogen-bond donors (Lipinski definition) is 0. The van der Waals surface area contributed by atoms with Gasteiger partial charge in [-0.15, -0.1) is 11.3 Å². The largest absolute Gasteiger partial charge is 0.375 e. The van der Waals surface area contributed by atoms with Gasteiger partial charge in [-0.25, -0.2) is 18.4 Å². The lowest BCUT2D eigenvalue weighted by Crippen LogP contribution is -2.45. The van der Waals surface area contributed by atoms with Gasteiger partial charge in [-0.3, -0.25) is 0 Å². The van der Waals surface area contributed by atoms with Crippen LogP contribution >= 0.6 is 11.3 Å². The first-order chi connectivity index (χ1) is 11.1. The molecule has 1 aliphatic heterocycles. The Morgan fingerprint density at radius 1 is 1.43 bits per heavy atom. The SMILES string of the molecule is Cc1cc(CC[C@H]2CN(S(=O)(=O)c3cccs3)CCO2)ncn1. The molecule has 1 atom stereocenters. The Hall–Kier alpha value is -1.35. The van der Waals surface area contributed by atoms with E-state index in [0.717, 1.165) is 24.2 Å². The number of aryl methyl sites for hydroxylation is 2. The van der Waals surface area contributed by atoms with Crippen LogP contribution in [0.4, 0.5) is 0 Å². The van der Waals surface area contributed by atoms with E-state index in [1.807, 2.05) is 13.0 Å². The first-order valence-electron chi connectivity index (χ1n) is 7.48. The molecule has 1 fully saturated rings. The molecule has 1 aliphatic rings. The normalized spacial score (nSPS) is 19.8. The number of rotatable bonds is 5. The second-order valence-electron chi connectivity index (χ2n) is 5.48. The average molecular weight is 353 g/mol. The number of morpholine rings is 1. The molecule has 124 valence electrons. The molecule has 6 nitrogen and oxygen atoms in total. The smallest absolute Gasteiger partial charge is 0.252 e. The van der Waals surface area contributed by atoms with Crippen LogP contribution in [0.3, 0.4) is 0 Å². The summed E-state index contributed by atoms with van der Waals surface area (Å²) >= 11 is 1.25. The topological polar surface area (TPSA) is 72.4 Å². The van der Waals surface area contributed by atoms with Crippen LogP contribution in [0.2, 0.25) is 0 Å². The summed E-state index contributed by atoms with van der Waals surface area (Å²) in [6, 6.07) is 5.35. The Balaban J connectivity index is 1.62. The second-order valence-corrected chi connectivity index (χ2v) is 8.59. The lowest BCUT2D eigenvalue weighted by molar-refractivity contribution is -0.00533. The number of ether oxygens (including phenoxy) is 1. The first-order valence-corrected chi connectivity index (χ1v) is 9.80. The van der Waals surface area contributed by atoms with E-state index >= 15 is 0 Å². The molecule has 3 rings (SSSR count). The summed E-state index contributed by atoms with van der Waals surface area (Å²) in [6.07, 6.45) is 2.95. The quantitative estimate of drug-likeness (QED) is 0.820. The number of hydrogen-bond acceptors (Lipinski definition) is 6. The minimum Gasteiger partial charge on any atom is -0.375 e. The van der Waals surface area contributed by atoms with Crippen molar-refractivity contribution in [2.45, 2.75) is 30.1 Å². The van der Waals surface area contributed by atoms with Gasteiger partial charge in [0.15, 0.2) is 0 Å². The van der Waals surface area contributed by atoms with Gasteiger partial charge in [0.2, 0.25) is 0 Å². The maximum Gasteiger partial charge on any atom is 0.252 e. The number of nitrogens with zero attached hydrogens (tertiary/aromatic N) is 3. The molecule has 0 unspecified atom stereocenters. The maximum absolute atomic E-state index is 12.6. The van der Waals surface area contributed by atoms with Gasteiger partial charge >= 0.3 is 0 Å². The van der Waals surface area contributed by atoms with Crippen molar-refractivity contribution in [3.05, 3.63) is 41.3 Å². The molecular formula is C15H19N3O3S2. The van der Waals surface area contributed by atoms with Gasteiger partial charge in [0.1, 0.15) is 10.5 Å². The van der Waals surface area contributed by atoms with Crippen molar-refractivity contribution in [3.8, 4) is 0 Å². The van der Waals surface area contributed by atoms with Gasteiger partial charge in [0.05, 0.1) is 12.7 Å². The molecule has 0 radical (unpaired) electrons. The average Bonchev–Trinajstić information content (AvgIpc) is 3.09. The number of thiophene rings is 1. The first kappa shape index (κ1) is 16.5. The minimum absolute atomic E-state index is 0.103. The van der Waals surface area contributed by atoms with Gasteiger partial charge in [-0.2, -0.15) is 4.31 Å². The van der Waals surface area contributed by atoms with Crippen LogP contribution in [0, 0.1) is 6.92 Å². The van der Waals surface area contributed by atoms with Gasteiger partial charge < -0.3 is 4.74 Å². The van der Waals surface area contributed by atoms with Crippen molar-refractivity contribution in [1.29, 1.82) is 0 Å². The zero-order valence-corrected chi connectivity index (χ0v) is 14.5. The van der Waals surface area contributed by atoms with Gasteiger partial charge in [0.25, 0.3) is 10.0 Å². The Morgan fingerprint density at radius 3 is 3.04 bits per heavy atom. The van der Waals surface area contributed by atoms with E-state index in [4.69, 9.17) is 4.74 Å². The van der Waals surface area contributed by atoms with Gasteiger partial charge in [0, 0.05) is 24.5 Å². The predicted molar refractivity (Wildman–Crippen MR) is 87.9 cm³/mol. The van der Waals surface area contributed by atoms with Crippen molar-refractivity contribution in [1.82, 2.24) is 14.3 Å². The lowest BCUT2D eigenvalue weighted by Gasteiger charge is -2.31. The van der Waals surface area contributed by atoms with Crippen molar-refractivity contribution in [2.24, 2.45) is 0 Å². The predicted octanol–water partition coefficient (Wildman–Crippen LogP) is 1.87. The molecule has 3 heterocycles. The van der Waals surface area contributed by atoms with Gasteiger partial charge in [-0.1, -0.05) is 6.07 Å². The molecule has 23 heavy (non-hydrogen) atoms. The fourth-order valence-corrected chi connectivity index (χ4v) is 5.18. The van der Waals surface area contributed by atoms with Crippen molar-refractivity contribution in [2.75, 3.05) is 19.7 Å². The summed E-state index contributed by atoms with van der Waals surface area (Å²) in [4.78, 5) is 8.31. The molecule has 8 heteroatoms. The van der Waals surface area contributed by atoms with Crippen LogP contribution in [0.5, 0.6) is 0 Å². The Morgan fingerprint density at radius 2 is 2.30 bits per heavy atom. The summed E-state index contributed by atoms with van der Waals surface area (Å²) in [5, 5.41) is 1.78. The van der Waals surface area contributed by atoms with Crippen molar-refractivity contribution < 1.29 is 13.2 Å². The molecule has 0 aromatic carbocycles. The molecule has 0 bridgehead atoms. The summed E-state index contributed by atoms with van der Waals surface area (Å²) < 4.78 is 32.8. The molecule has 2 aromatic heterocycles. The summed E-state index contributed by atoms with van der Waals surface area (Å²) in [7, 11) is -3.40.